The van der Waals surface area contributed by atoms with E-state index >= 15 is 0 Å². The zero-order valence-electron chi connectivity index (χ0n) is 10.00. The lowest BCUT2D eigenvalue weighted by Crippen LogP contribution is -2.38. The molecule has 1 rings (SSSR count). The highest BCUT2D eigenvalue weighted by molar-refractivity contribution is 5.26. The van der Waals surface area contributed by atoms with E-state index in [1.54, 1.807) is 19.2 Å². The molecule has 0 aliphatic rings. The molecule has 0 radical (unpaired) electrons. The molecule has 102 valence electrons. The summed E-state index contributed by atoms with van der Waals surface area (Å²) in [5, 5.41) is 11.4. The van der Waals surface area contributed by atoms with E-state index in [4.69, 9.17) is 9.84 Å². The number of alkyl halides is 3. The molecule has 6 heteroatoms. The van der Waals surface area contributed by atoms with Crippen molar-refractivity contribution in [1.82, 2.24) is 5.32 Å². The average molecular weight is 263 g/mol. The van der Waals surface area contributed by atoms with Crippen LogP contribution in [0.5, 0.6) is 0 Å². The van der Waals surface area contributed by atoms with Crippen LogP contribution in [0.15, 0.2) is 24.3 Å². The molecule has 0 aliphatic heterocycles. The second-order valence-electron chi connectivity index (χ2n) is 3.89. The lowest BCUT2D eigenvalue weighted by Gasteiger charge is -2.16. The van der Waals surface area contributed by atoms with Gasteiger partial charge in [0.25, 0.3) is 0 Å². The van der Waals surface area contributed by atoms with Crippen LogP contribution in [0.3, 0.4) is 0 Å². The third kappa shape index (κ3) is 4.64. The van der Waals surface area contributed by atoms with Gasteiger partial charge in [0, 0.05) is 20.2 Å². The van der Waals surface area contributed by atoms with Crippen LogP contribution in [0.25, 0.3) is 0 Å². The van der Waals surface area contributed by atoms with Crippen molar-refractivity contribution in [2.45, 2.75) is 25.4 Å². The molecule has 0 bridgehead atoms. The Bertz CT molecular complexity index is 369. The van der Waals surface area contributed by atoms with Crippen LogP contribution >= 0.6 is 0 Å². The highest BCUT2D eigenvalue weighted by atomic mass is 19.4. The first-order valence-corrected chi connectivity index (χ1v) is 5.46. The third-order valence-electron chi connectivity index (χ3n) is 2.45. The number of nitrogens with one attached hydrogen (secondary N) is 1. The molecule has 0 amide bonds. The monoisotopic (exact) mass is 263 g/mol. The van der Waals surface area contributed by atoms with Gasteiger partial charge in [-0.3, -0.25) is 0 Å². The number of rotatable bonds is 6. The van der Waals surface area contributed by atoms with Crippen molar-refractivity contribution in [2.75, 3.05) is 13.7 Å². The van der Waals surface area contributed by atoms with Crippen molar-refractivity contribution in [3.63, 3.8) is 0 Å². The van der Waals surface area contributed by atoms with Crippen LogP contribution in [-0.2, 0) is 17.9 Å². The summed E-state index contributed by atoms with van der Waals surface area (Å²) in [5.41, 5.74) is 1.77. The number of benzene rings is 1. The van der Waals surface area contributed by atoms with Gasteiger partial charge >= 0.3 is 6.18 Å². The molecule has 1 atom stereocenters. The predicted octanol–water partition coefficient (Wildman–Crippen LogP) is 1.85. The molecule has 0 heterocycles. The summed E-state index contributed by atoms with van der Waals surface area (Å²) < 4.78 is 41.2. The fraction of sp³-hybridized carbons (Fsp3) is 0.500. The molecule has 1 aromatic rings. The van der Waals surface area contributed by atoms with Gasteiger partial charge in [0.2, 0.25) is 0 Å². The molecule has 3 nitrogen and oxygen atoms in total. The maximum Gasteiger partial charge on any atom is 0.415 e. The van der Waals surface area contributed by atoms with Gasteiger partial charge in [-0.05, 0) is 11.1 Å². The van der Waals surface area contributed by atoms with Crippen LogP contribution in [-0.4, -0.2) is 31.0 Å². The SMILES string of the molecule is COCc1ccccc1CNCC(O)C(F)(F)F. The lowest BCUT2D eigenvalue weighted by molar-refractivity contribution is -0.201. The van der Waals surface area contributed by atoms with E-state index in [-0.39, 0.29) is 6.54 Å². The first kappa shape index (κ1) is 14.9. The third-order valence-corrected chi connectivity index (χ3v) is 2.45. The van der Waals surface area contributed by atoms with Crippen LogP contribution in [0.4, 0.5) is 13.2 Å². The van der Waals surface area contributed by atoms with Gasteiger partial charge in [0.15, 0.2) is 6.10 Å². The lowest BCUT2D eigenvalue weighted by atomic mass is 10.1. The van der Waals surface area contributed by atoms with Crippen LogP contribution in [0, 0.1) is 0 Å². The van der Waals surface area contributed by atoms with Gasteiger partial charge in [-0.1, -0.05) is 24.3 Å². The molecule has 18 heavy (non-hydrogen) atoms. The normalized spacial score (nSPS) is 13.6. The molecule has 1 aromatic carbocycles. The molecule has 2 N–H and O–H groups in total. The summed E-state index contributed by atoms with van der Waals surface area (Å²) in [6.45, 7) is 0.136. The Labute approximate surface area is 104 Å². The Hall–Kier alpha value is -1.11. The molecule has 1 unspecified atom stereocenters. The minimum Gasteiger partial charge on any atom is -0.382 e. The number of hydrogen-bond donors (Lipinski definition) is 2. The Balaban J connectivity index is 2.49. The summed E-state index contributed by atoms with van der Waals surface area (Å²) in [4.78, 5) is 0. The highest BCUT2D eigenvalue weighted by Crippen LogP contribution is 2.19. The summed E-state index contributed by atoms with van der Waals surface area (Å²) in [6, 6.07) is 7.29. The van der Waals surface area contributed by atoms with Gasteiger partial charge in [0.05, 0.1) is 6.61 Å². The molecular weight excluding hydrogens is 247 g/mol. The van der Waals surface area contributed by atoms with Gasteiger partial charge < -0.3 is 15.2 Å². The topological polar surface area (TPSA) is 41.5 Å². The molecule has 0 fully saturated rings. The van der Waals surface area contributed by atoms with Crippen molar-refractivity contribution in [2.24, 2.45) is 0 Å². The van der Waals surface area contributed by atoms with E-state index in [0.717, 1.165) is 11.1 Å². The first-order chi connectivity index (χ1) is 8.45. The quantitative estimate of drug-likeness (QED) is 0.823. The van der Waals surface area contributed by atoms with Crippen molar-refractivity contribution >= 4 is 0 Å². The van der Waals surface area contributed by atoms with Crippen LogP contribution in [0.1, 0.15) is 11.1 Å². The van der Waals surface area contributed by atoms with Crippen molar-refractivity contribution in [3.05, 3.63) is 35.4 Å². The minimum absolute atomic E-state index is 0.257. The zero-order chi connectivity index (χ0) is 13.6. The van der Waals surface area contributed by atoms with E-state index in [1.165, 1.54) is 0 Å². The zero-order valence-corrected chi connectivity index (χ0v) is 10.00. The Morgan fingerprint density at radius 2 is 1.89 bits per heavy atom. The van der Waals surface area contributed by atoms with Crippen LogP contribution < -0.4 is 5.32 Å². The summed E-state index contributed by atoms with van der Waals surface area (Å²) >= 11 is 0. The summed E-state index contributed by atoms with van der Waals surface area (Å²) in [6.07, 6.45) is -6.92. The molecule has 0 saturated heterocycles. The molecule has 0 aromatic heterocycles. The highest BCUT2D eigenvalue weighted by Gasteiger charge is 2.37. The Kier molecular flexibility index (Phi) is 5.58. The Morgan fingerprint density at radius 1 is 1.28 bits per heavy atom. The fourth-order valence-electron chi connectivity index (χ4n) is 1.49. The second kappa shape index (κ2) is 6.72. The number of halogens is 3. The smallest absolute Gasteiger partial charge is 0.382 e. The van der Waals surface area contributed by atoms with Crippen molar-refractivity contribution in [1.29, 1.82) is 0 Å². The summed E-state index contributed by atoms with van der Waals surface area (Å²) in [7, 11) is 1.55. The summed E-state index contributed by atoms with van der Waals surface area (Å²) in [5.74, 6) is 0. The molecule has 0 saturated carbocycles. The molecular formula is C12H16F3NO2. The van der Waals surface area contributed by atoms with E-state index < -0.39 is 18.8 Å². The number of methoxy groups -OCH3 is 1. The average Bonchev–Trinajstić information content (AvgIpc) is 2.30. The van der Waals surface area contributed by atoms with E-state index in [0.29, 0.717) is 6.61 Å². The number of aliphatic hydroxyl groups excluding tert-OH is 1. The van der Waals surface area contributed by atoms with Gasteiger partial charge in [-0.15, -0.1) is 0 Å². The minimum atomic E-state index is -4.58. The van der Waals surface area contributed by atoms with Gasteiger partial charge in [-0.25, -0.2) is 0 Å². The number of aliphatic hydroxyl groups is 1. The largest absolute Gasteiger partial charge is 0.415 e. The van der Waals surface area contributed by atoms with E-state index in [9.17, 15) is 13.2 Å². The second-order valence-corrected chi connectivity index (χ2v) is 3.89. The van der Waals surface area contributed by atoms with E-state index in [1.807, 2.05) is 12.1 Å². The number of ether oxygens (including phenoxy) is 1. The molecule has 0 spiro atoms. The fourth-order valence-corrected chi connectivity index (χ4v) is 1.49. The van der Waals surface area contributed by atoms with Crippen molar-refractivity contribution in [3.8, 4) is 0 Å². The van der Waals surface area contributed by atoms with Gasteiger partial charge in [0.1, 0.15) is 0 Å². The number of hydrogen-bond acceptors (Lipinski definition) is 3. The van der Waals surface area contributed by atoms with Crippen molar-refractivity contribution < 1.29 is 23.0 Å². The Morgan fingerprint density at radius 3 is 2.44 bits per heavy atom. The van der Waals surface area contributed by atoms with E-state index in [2.05, 4.69) is 5.32 Å². The first-order valence-electron chi connectivity index (χ1n) is 5.46. The van der Waals surface area contributed by atoms with Gasteiger partial charge in [-0.2, -0.15) is 13.2 Å². The maximum atomic E-state index is 12.1. The maximum absolute atomic E-state index is 12.1. The standard InChI is InChI=1S/C12H16F3NO2/c1-18-8-10-5-3-2-4-9(10)6-16-7-11(17)12(13,14)15/h2-5,11,16-17H,6-8H2,1H3. The predicted molar refractivity (Wildman–Crippen MR) is 60.9 cm³/mol. The van der Waals surface area contributed by atoms with Crippen LogP contribution in [0.2, 0.25) is 0 Å². The molecule has 0 aliphatic carbocycles.